The minimum Gasteiger partial charge on any atom is -0.507 e. The van der Waals surface area contributed by atoms with Crippen molar-refractivity contribution in [2.24, 2.45) is 0 Å². The van der Waals surface area contributed by atoms with Gasteiger partial charge in [-0.2, -0.15) is 0 Å². The Morgan fingerprint density at radius 3 is 1.73 bits per heavy atom. The molecule has 3 rings (SSSR count). The van der Waals surface area contributed by atoms with Gasteiger partial charge in [-0.05, 0) is 48.5 Å². The number of carbonyl (C=O) groups excluding carboxylic acids is 4. The van der Waals surface area contributed by atoms with Crippen LogP contribution in [0.25, 0.3) is 0 Å². The highest BCUT2D eigenvalue weighted by Crippen LogP contribution is 2.19. The van der Waals surface area contributed by atoms with Crippen LogP contribution in [0.4, 0.5) is 0 Å². The maximum absolute atomic E-state index is 13.1. The van der Waals surface area contributed by atoms with Crippen LogP contribution in [0.5, 0.6) is 17.2 Å². The number of carboxylic acid groups (broad SMARTS) is 1. The molecule has 3 aromatic carbocycles. The van der Waals surface area contributed by atoms with Crippen molar-refractivity contribution < 1.29 is 53.1 Å². The number of carboxylic acids is 1. The Morgan fingerprint density at radius 1 is 0.700 bits per heavy atom. The molecular weight excluding hydrogens is 528 g/mol. The third kappa shape index (κ3) is 7.25. The number of hydrogen-bond acceptors (Lipinski definition) is 10. The summed E-state index contributed by atoms with van der Waals surface area (Å²) in [6.07, 6.45) is -4.63. The summed E-state index contributed by atoms with van der Waals surface area (Å²) < 4.78 is 20.3. The number of phenolic OH excluding ortho intramolecular Hbond substituents is 1. The normalized spacial score (nSPS) is 11.8. The summed E-state index contributed by atoms with van der Waals surface area (Å²) in [5.41, 5.74) is 3.47. The van der Waals surface area contributed by atoms with E-state index in [4.69, 9.17) is 18.9 Å². The summed E-state index contributed by atoms with van der Waals surface area (Å²) in [7, 11) is 2.71. The number of rotatable bonds is 10. The van der Waals surface area contributed by atoms with Crippen molar-refractivity contribution in [3.05, 3.63) is 89.5 Å². The van der Waals surface area contributed by atoms with Gasteiger partial charge in [0.2, 0.25) is 12.2 Å². The lowest BCUT2D eigenvalue weighted by atomic mass is 10.1. The largest absolute Gasteiger partial charge is 0.507 e. The Kier molecular flexibility index (Phi) is 9.62. The van der Waals surface area contributed by atoms with Crippen molar-refractivity contribution in [1.82, 2.24) is 10.9 Å². The molecule has 0 aromatic heterocycles. The van der Waals surface area contributed by atoms with Gasteiger partial charge in [-0.3, -0.25) is 20.4 Å². The summed E-state index contributed by atoms with van der Waals surface area (Å²) in [6.45, 7) is 0. The van der Waals surface area contributed by atoms with Gasteiger partial charge >= 0.3 is 17.9 Å². The molecule has 0 spiro atoms. The summed E-state index contributed by atoms with van der Waals surface area (Å²) in [5, 5.41) is 19.7. The van der Waals surface area contributed by atoms with Crippen molar-refractivity contribution in [2.45, 2.75) is 12.2 Å². The number of hydrazine groups is 1. The molecule has 0 heterocycles. The van der Waals surface area contributed by atoms with E-state index < -0.39 is 47.7 Å². The van der Waals surface area contributed by atoms with E-state index in [1.165, 1.54) is 87.0 Å². The molecule has 208 valence electrons. The molecule has 0 saturated heterocycles. The van der Waals surface area contributed by atoms with Gasteiger partial charge in [-0.25, -0.2) is 14.4 Å². The minimum absolute atomic E-state index is 0.112. The molecule has 2 amide bonds. The third-order valence-corrected chi connectivity index (χ3v) is 5.30. The first-order valence-electron chi connectivity index (χ1n) is 11.5. The van der Waals surface area contributed by atoms with Crippen LogP contribution in [0.3, 0.4) is 0 Å². The molecule has 0 aliphatic carbocycles. The highest BCUT2D eigenvalue weighted by Gasteiger charge is 2.41. The predicted molar refractivity (Wildman–Crippen MR) is 136 cm³/mol. The standard InChI is InChI=1S/C27H24N2O11/c1-37-17-9-5-7-15(13-17)26(35)39-21(24(32)29-28-23(31)19-11-3-4-12-20(19)30)22(25(33)34)40-27(36)16-8-6-10-18(14-16)38-2/h3-14,21-22,30H,1-2H3,(H,28,31)(H,29,32)(H,33,34)/t21-,22-/m0/s1. The molecule has 3 aromatic rings. The molecule has 0 saturated carbocycles. The van der Waals surface area contributed by atoms with Crippen LogP contribution in [0, 0.1) is 0 Å². The molecular formula is C27H24N2O11. The SMILES string of the molecule is COc1cccc(C(=O)O[C@H](C(=O)O)[C@H](OC(=O)c2cccc(OC)c2)C(=O)NNC(=O)c2ccccc2O)c1. The number of para-hydroxylation sites is 1. The molecule has 0 bridgehead atoms. The van der Waals surface area contributed by atoms with Gasteiger partial charge in [0.15, 0.2) is 0 Å². The average molecular weight is 552 g/mol. The number of carbonyl (C=O) groups is 5. The van der Waals surface area contributed by atoms with E-state index in [-0.39, 0.29) is 28.2 Å². The number of methoxy groups -OCH3 is 2. The van der Waals surface area contributed by atoms with Gasteiger partial charge in [0.25, 0.3) is 11.8 Å². The van der Waals surface area contributed by atoms with Gasteiger partial charge in [0.1, 0.15) is 17.2 Å². The summed E-state index contributed by atoms with van der Waals surface area (Å²) in [6, 6.07) is 16.5. The fourth-order valence-corrected chi connectivity index (χ4v) is 3.28. The second-order valence-electron chi connectivity index (χ2n) is 7.91. The molecule has 2 atom stereocenters. The zero-order valence-electron chi connectivity index (χ0n) is 21.2. The number of amides is 2. The van der Waals surface area contributed by atoms with E-state index in [2.05, 4.69) is 0 Å². The Balaban J connectivity index is 1.88. The Bertz CT molecular complexity index is 1420. The van der Waals surface area contributed by atoms with E-state index in [0.29, 0.717) is 0 Å². The van der Waals surface area contributed by atoms with Gasteiger partial charge in [0, 0.05) is 0 Å². The van der Waals surface area contributed by atoms with Gasteiger partial charge in [0.05, 0.1) is 30.9 Å². The van der Waals surface area contributed by atoms with Crippen LogP contribution in [0.15, 0.2) is 72.8 Å². The fourth-order valence-electron chi connectivity index (χ4n) is 3.28. The predicted octanol–water partition coefficient (Wildman–Crippen LogP) is 1.71. The first-order chi connectivity index (χ1) is 19.1. The molecule has 4 N–H and O–H groups in total. The lowest BCUT2D eigenvalue weighted by Crippen LogP contribution is -2.54. The number of ether oxygens (including phenoxy) is 4. The van der Waals surface area contributed by atoms with Gasteiger partial charge < -0.3 is 29.2 Å². The summed E-state index contributed by atoms with van der Waals surface area (Å²) in [4.78, 5) is 63.2. The molecule has 0 unspecified atom stereocenters. The Labute approximate surface area is 227 Å². The van der Waals surface area contributed by atoms with Crippen LogP contribution >= 0.6 is 0 Å². The first kappa shape index (κ1) is 29.0. The molecule has 40 heavy (non-hydrogen) atoms. The zero-order valence-corrected chi connectivity index (χ0v) is 21.2. The molecule has 0 aliphatic rings. The van der Waals surface area contributed by atoms with Crippen molar-refractivity contribution in [2.75, 3.05) is 14.2 Å². The van der Waals surface area contributed by atoms with Crippen LogP contribution in [0.1, 0.15) is 31.1 Å². The number of phenols is 1. The summed E-state index contributed by atoms with van der Waals surface area (Å²) >= 11 is 0. The quantitative estimate of drug-likeness (QED) is 0.212. The Morgan fingerprint density at radius 2 is 1.23 bits per heavy atom. The van der Waals surface area contributed by atoms with Crippen molar-refractivity contribution in [3.8, 4) is 17.2 Å². The molecule has 0 fully saturated rings. The molecule has 0 radical (unpaired) electrons. The van der Waals surface area contributed by atoms with E-state index in [0.717, 1.165) is 0 Å². The monoisotopic (exact) mass is 552 g/mol. The van der Waals surface area contributed by atoms with Gasteiger partial charge in [-0.15, -0.1) is 0 Å². The average Bonchev–Trinajstić information content (AvgIpc) is 2.97. The van der Waals surface area contributed by atoms with E-state index >= 15 is 0 Å². The smallest absolute Gasteiger partial charge is 0.349 e. The highest BCUT2D eigenvalue weighted by molar-refractivity contribution is 6.00. The number of esters is 2. The van der Waals surface area contributed by atoms with Crippen molar-refractivity contribution in [3.63, 3.8) is 0 Å². The number of aliphatic carboxylic acids is 1. The van der Waals surface area contributed by atoms with E-state index in [9.17, 15) is 34.2 Å². The number of aromatic hydroxyl groups is 1. The lowest BCUT2D eigenvalue weighted by Gasteiger charge is -2.23. The molecule has 13 nitrogen and oxygen atoms in total. The van der Waals surface area contributed by atoms with Crippen molar-refractivity contribution >= 4 is 29.7 Å². The molecule has 13 heteroatoms. The zero-order chi connectivity index (χ0) is 29.2. The minimum atomic E-state index is -2.35. The van der Waals surface area contributed by atoms with Crippen LogP contribution < -0.4 is 20.3 Å². The number of nitrogens with one attached hydrogen (secondary N) is 2. The topological polar surface area (TPSA) is 187 Å². The Hall–Kier alpha value is -5.59. The van der Waals surface area contributed by atoms with Crippen LogP contribution in [-0.4, -0.2) is 66.4 Å². The second kappa shape index (κ2) is 13.3. The second-order valence-corrected chi connectivity index (χ2v) is 7.91. The van der Waals surface area contributed by atoms with Gasteiger partial charge in [-0.1, -0.05) is 24.3 Å². The highest BCUT2D eigenvalue weighted by atomic mass is 16.6. The maximum Gasteiger partial charge on any atom is 0.349 e. The lowest BCUT2D eigenvalue weighted by molar-refractivity contribution is -0.159. The van der Waals surface area contributed by atoms with E-state index in [1.807, 2.05) is 10.9 Å². The molecule has 0 aliphatic heterocycles. The first-order valence-corrected chi connectivity index (χ1v) is 11.5. The number of benzene rings is 3. The fraction of sp³-hybridized carbons (Fsp3) is 0.148. The van der Waals surface area contributed by atoms with E-state index in [1.54, 1.807) is 0 Å². The summed E-state index contributed by atoms with van der Waals surface area (Å²) in [5.74, 6) is -6.34. The van der Waals surface area contributed by atoms with Crippen LogP contribution in [0.2, 0.25) is 0 Å². The van der Waals surface area contributed by atoms with Crippen molar-refractivity contribution in [1.29, 1.82) is 0 Å². The van der Waals surface area contributed by atoms with Crippen LogP contribution in [-0.2, 0) is 19.1 Å². The maximum atomic E-state index is 13.1. The third-order valence-electron chi connectivity index (χ3n) is 5.30. The number of hydrogen-bond donors (Lipinski definition) is 4.